The Bertz CT molecular complexity index is 1530. The standard InChI is InChI=1S/C24H20N2O6S/c1-15-7-3-5-9-19(15)26-33(29,30)22-14-17(11-12-21(22)31-2)25-23(27)18-13-16-8-4-6-10-20(16)32-24(18)28/h3-14,26H,1-2H3,(H,25,27). The number of carbonyl (C=O) groups excluding carboxylic acids is 1. The number of nitrogens with one attached hydrogen (secondary N) is 2. The molecule has 0 saturated heterocycles. The van der Waals surface area contributed by atoms with E-state index in [1.165, 1.54) is 31.4 Å². The van der Waals surface area contributed by atoms with Crippen LogP contribution in [0.25, 0.3) is 11.0 Å². The maximum atomic E-state index is 13.1. The predicted molar refractivity (Wildman–Crippen MR) is 125 cm³/mol. The van der Waals surface area contributed by atoms with Crippen LogP contribution in [0.1, 0.15) is 15.9 Å². The normalized spacial score (nSPS) is 11.2. The number of hydrogen-bond acceptors (Lipinski definition) is 6. The van der Waals surface area contributed by atoms with Gasteiger partial charge in [-0.3, -0.25) is 9.52 Å². The van der Waals surface area contributed by atoms with Gasteiger partial charge in [-0.25, -0.2) is 13.2 Å². The Morgan fingerprint density at radius 2 is 1.70 bits per heavy atom. The number of para-hydroxylation sites is 2. The molecule has 0 unspecified atom stereocenters. The molecule has 1 amide bonds. The number of hydrogen-bond donors (Lipinski definition) is 2. The Morgan fingerprint density at radius 3 is 2.45 bits per heavy atom. The lowest BCUT2D eigenvalue weighted by Gasteiger charge is -2.14. The molecular weight excluding hydrogens is 444 g/mol. The number of aryl methyl sites for hydroxylation is 1. The van der Waals surface area contributed by atoms with Crippen molar-refractivity contribution < 1.29 is 22.4 Å². The molecule has 0 spiro atoms. The first-order valence-corrected chi connectivity index (χ1v) is 11.4. The molecule has 0 aliphatic carbocycles. The molecule has 0 radical (unpaired) electrons. The van der Waals surface area contributed by atoms with E-state index in [0.717, 1.165) is 5.56 Å². The number of fused-ring (bicyclic) bond motifs is 1. The van der Waals surface area contributed by atoms with Crippen LogP contribution in [0.15, 0.2) is 86.9 Å². The van der Waals surface area contributed by atoms with Gasteiger partial charge in [-0.15, -0.1) is 0 Å². The first-order chi connectivity index (χ1) is 15.8. The summed E-state index contributed by atoms with van der Waals surface area (Å²) in [5, 5.41) is 3.14. The zero-order valence-corrected chi connectivity index (χ0v) is 18.6. The summed E-state index contributed by atoms with van der Waals surface area (Å²) in [6, 6.07) is 19.3. The molecule has 1 heterocycles. The van der Waals surface area contributed by atoms with E-state index in [9.17, 15) is 18.0 Å². The highest BCUT2D eigenvalue weighted by atomic mass is 32.2. The molecule has 0 aliphatic heterocycles. The molecule has 0 bridgehead atoms. The minimum absolute atomic E-state index is 0.0966. The van der Waals surface area contributed by atoms with Crippen LogP contribution >= 0.6 is 0 Å². The smallest absolute Gasteiger partial charge is 0.349 e. The fraction of sp³-hybridized carbons (Fsp3) is 0.0833. The van der Waals surface area contributed by atoms with Crippen LogP contribution in [0.3, 0.4) is 0 Å². The molecule has 33 heavy (non-hydrogen) atoms. The predicted octanol–water partition coefficient (Wildman–Crippen LogP) is 4.16. The van der Waals surface area contributed by atoms with Gasteiger partial charge in [-0.2, -0.15) is 0 Å². The van der Waals surface area contributed by atoms with Gasteiger partial charge in [0.15, 0.2) is 0 Å². The fourth-order valence-corrected chi connectivity index (χ4v) is 4.60. The second-order valence-corrected chi connectivity index (χ2v) is 8.88. The molecular formula is C24H20N2O6S. The second-order valence-electron chi connectivity index (χ2n) is 7.23. The highest BCUT2D eigenvalue weighted by Gasteiger charge is 2.22. The highest BCUT2D eigenvalue weighted by Crippen LogP contribution is 2.30. The quantitative estimate of drug-likeness (QED) is 0.414. The van der Waals surface area contributed by atoms with Gasteiger partial charge in [0.05, 0.1) is 12.8 Å². The number of anilines is 2. The van der Waals surface area contributed by atoms with E-state index < -0.39 is 21.6 Å². The summed E-state index contributed by atoms with van der Waals surface area (Å²) in [7, 11) is -2.70. The van der Waals surface area contributed by atoms with Crippen molar-refractivity contribution in [2.45, 2.75) is 11.8 Å². The number of ether oxygens (including phenoxy) is 1. The first-order valence-electron chi connectivity index (χ1n) is 9.89. The number of sulfonamides is 1. The van der Waals surface area contributed by atoms with Crippen molar-refractivity contribution in [2.24, 2.45) is 0 Å². The third-order valence-electron chi connectivity index (χ3n) is 4.99. The van der Waals surface area contributed by atoms with Crippen molar-refractivity contribution in [3.05, 3.63) is 94.3 Å². The zero-order valence-electron chi connectivity index (χ0n) is 17.8. The number of benzene rings is 3. The summed E-state index contributed by atoms with van der Waals surface area (Å²) < 4.78 is 39.1. The molecule has 4 aromatic rings. The number of rotatable bonds is 6. The van der Waals surface area contributed by atoms with E-state index >= 15 is 0 Å². The van der Waals surface area contributed by atoms with Crippen LogP contribution in [-0.2, 0) is 10.0 Å². The molecule has 1 aromatic heterocycles. The first kappa shape index (κ1) is 22.1. The van der Waals surface area contributed by atoms with Gasteiger partial charge in [0.25, 0.3) is 15.9 Å². The van der Waals surface area contributed by atoms with Gasteiger partial charge in [0.1, 0.15) is 21.8 Å². The lowest BCUT2D eigenvalue weighted by atomic mass is 10.1. The Morgan fingerprint density at radius 1 is 0.970 bits per heavy atom. The largest absolute Gasteiger partial charge is 0.495 e. The summed E-state index contributed by atoms with van der Waals surface area (Å²) in [6.07, 6.45) is 0. The van der Waals surface area contributed by atoms with E-state index in [1.807, 2.05) is 0 Å². The molecule has 3 aromatic carbocycles. The van der Waals surface area contributed by atoms with Crippen LogP contribution in [0.4, 0.5) is 11.4 Å². The SMILES string of the molecule is COc1ccc(NC(=O)c2cc3ccccc3oc2=O)cc1S(=O)(=O)Nc1ccccc1C. The summed E-state index contributed by atoms with van der Waals surface area (Å²) in [4.78, 5) is 24.9. The fourth-order valence-electron chi connectivity index (χ4n) is 3.27. The van der Waals surface area contributed by atoms with Crippen molar-refractivity contribution in [1.82, 2.24) is 0 Å². The van der Waals surface area contributed by atoms with Gasteiger partial charge in [-0.05, 0) is 48.9 Å². The lowest BCUT2D eigenvalue weighted by molar-refractivity contribution is 0.102. The molecule has 2 N–H and O–H groups in total. The van der Waals surface area contributed by atoms with Crippen LogP contribution in [-0.4, -0.2) is 21.4 Å². The lowest BCUT2D eigenvalue weighted by Crippen LogP contribution is -2.21. The van der Waals surface area contributed by atoms with Gasteiger partial charge >= 0.3 is 5.63 Å². The molecule has 0 atom stereocenters. The zero-order chi connectivity index (χ0) is 23.6. The minimum Gasteiger partial charge on any atom is -0.495 e. The topological polar surface area (TPSA) is 115 Å². The van der Waals surface area contributed by atoms with E-state index in [-0.39, 0.29) is 21.9 Å². The maximum absolute atomic E-state index is 13.1. The van der Waals surface area contributed by atoms with E-state index in [4.69, 9.17) is 9.15 Å². The molecule has 8 nitrogen and oxygen atoms in total. The van der Waals surface area contributed by atoms with E-state index in [0.29, 0.717) is 16.7 Å². The van der Waals surface area contributed by atoms with Gasteiger partial charge in [0, 0.05) is 11.1 Å². The van der Waals surface area contributed by atoms with E-state index in [2.05, 4.69) is 10.0 Å². The van der Waals surface area contributed by atoms with Crippen molar-refractivity contribution in [2.75, 3.05) is 17.1 Å². The van der Waals surface area contributed by atoms with Gasteiger partial charge in [0.2, 0.25) is 0 Å². The summed E-state index contributed by atoms with van der Waals surface area (Å²) in [5.41, 5.74) is 0.689. The van der Waals surface area contributed by atoms with Crippen LogP contribution < -0.4 is 20.4 Å². The minimum atomic E-state index is -4.05. The maximum Gasteiger partial charge on any atom is 0.349 e. The molecule has 168 valence electrons. The average Bonchev–Trinajstić information content (AvgIpc) is 2.80. The Hall–Kier alpha value is -4.11. The number of carbonyl (C=O) groups is 1. The second kappa shape index (κ2) is 8.79. The van der Waals surface area contributed by atoms with Gasteiger partial charge in [-0.1, -0.05) is 36.4 Å². The Labute approximate surface area is 189 Å². The molecule has 9 heteroatoms. The van der Waals surface area contributed by atoms with Crippen molar-refractivity contribution >= 4 is 38.3 Å². The van der Waals surface area contributed by atoms with Crippen molar-refractivity contribution in [3.63, 3.8) is 0 Å². The highest BCUT2D eigenvalue weighted by molar-refractivity contribution is 7.92. The summed E-state index contributed by atoms with van der Waals surface area (Å²) >= 11 is 0. The molecule has 0 aliphatic rings. The number of methoxy groups -OCH3 is 1. The Balaban J connectivity index is 1.67. The molecule has 0 fully saturated rings. The van der Waals surface area contributed by atoms with Crippen molar-refractivity contribution in [1.29, 1.82) is 0 Å². The van der Waals surface area contributed by atoms with Crippen molar-refractivity contribution in [3.8, 4) is 5.75 Å². The molecule has 4 rings (SSSR count). The summed E-state index contributed by atoms with van der Waals surface area (Å²) in [5.74, 6) is -0.630. The third kappa shape index (κ3) is 4.58. The van der Waals surface area contributed by atoms with E-state index in [1.54, 1.807) is 55.5 Å². The monoisotopic (exact) mass is 464 g/mol. The Kier molecular flexibility index (Phi) is 5.89. The van der Waals surface area contributed by atoms with Crippen LogP contribution in [0.2, 0.25) is 0 Å². The third-order valence-corrected chi connectivity index (χ3v) is 6.37. The van der Waals surface area contributed by atoms with Crippen LogP contribution in [0, 0.1) is 6.92 Å². The van der Waals surface area contributed by atoms with Crippen LogP contribution in [0.5, 0.6) is 5.75 Å². The molecule has 0 saturated carbocycles. The summed E-state index contributed by atoms with van der Waals surface area (Å²) in [6.45, 7) is 1.78. The van der Waals surface area contributed by atoms with Gasteiger partial charge < -0.3 is 14.5 Å². The average molecular weight is 464 g/mol. The number of amides is 1.